The second-order valence-corrected chi connectivity index (χ2v) is 21.9. The summed E-state index contributed by atoms with van der Waals surface area (Å²) >= 11 is 0. The van der Waals surface area contributed by atoms with Gasteiger partial charge < -0.3 is 79.7 Å². The van der Waals surface area contributed by atoms with Crippen molar-refractivity contribution in [3.63, 3.8) is 0 Å². The molecule has 1 unspecified atom stereocenters. The smallest absolute Gasteiger partial charge is 0.308 e. The number of nitrogens with one attached hydrogen (secondary N) is 3. The Morgan fingerprint density at radius 1 is 0.552 bits per heavy atom. The SMILES string of the molecule is CC(C)C(=O)OCc1ccc(NC(=O)[C@H](C)NC(=O)[C@@H](NC(=O)CCOCCOCCN2C(=O)CC(N)C2=O)C(C)C)cc1CN(C)C(=O)CCOCCOCCC(=O)N(C)CC(=O)N(C)CC(=O)N(C)CC(=O)N(C)CC(=O)N(C)CC(=O)N(C)C. The molecular weight excluding hydrogens is 1140 g/mol. The van der Waals surface area contributed by atoms with Crippen LogP contribution in [0.3, 0.4) is 0 Å². The van der Waals surface area contributed by atoms with Crippen LogP contribution in [-0.4, -0.2) is 283 Å². The summed E-state index contributed by atoms with van der Waals surface area (Å²) in [5.74, 6) is -6.68. The van der Waals surface area contributed by atoms with Gasteiger partial charge in [-0.25, -0.2) is 0 Å². The third-order valence-electron chi connectivity index (χ3n) is 13.5. The van der Waals surface area contributed by atoms with E-state index in [1.807, 2.05) is 0 Å². The molecule has 0 bridgehead atoms. The van der Waals surface area contributed by atoms with Crippen molar-refractivity contribution in [3.8, 4) is 0 Å². The van der Waals surface area contributed by atoms with Gasteiger partial charge in [-0.05, 0) is 36.1 Å². The summed E-state index contributed by atoms with van der Waals surface area (Å²) < 4.78 is 27.5. The first-order chi connectivity index (χ1) is 40.8. The first kappa shape index (κ1) is 75.4. The van der Waals surface area contributed by atoms with Gasteiger partial charge in [0.05, 0.1) is 123 Å². The third kappa shape index (κ3) is 27.7. The number of likely N-dealkylation sites (N-methyl/N-ethyl adjacent to an activating group) is 6. The number of nitrogens with zero attached hydrogens (tertiary/aromatic N) is 8. The Bertz CT molecular complexity index is 2550. The van der Waals surface area contributed by atoms with Crippen LogP contribution in [0.4, 0.5) is 5.69 Å². The van der Waals surface area contributed by atoms with Crippen LogP contribution in [0.5, 0.6) is 0 Å². The molecule has 1 saturated heterocycles. The Hall–Kier alpha value is -7.67. The zero-order valence-electron chi connectivity index (χ0n) is 52.8. The summed E-state index contributed by atoms with van der Waals surface area (Å²) in [6, 6.07) is 2.01. The number of imide groups is 1. The van der Waals surface area contributed by atoms with Crippen molar-refractivity contribution in [1.82, 2.24) is 49.8 Å². The molecule has 87 heavy (non-hydrogen) atoms. The number of benzene rings is 1. The number of hydrogen-bond acceptors (Lipinski definition) is 19. The van der Waals surface area contributed by atoms with Crippen LogP contribution in [0.25, 0.3) is 0 Å². The van der Waals surface area contributed by atoms with Crippen LogP contribution < -0.4 is 21.7 Å². The summed E-state index contributed by atoms with van der Waals surface area (Å²) in [5, 5.41) is 8.12. The summed E-state index contributed by atoms with van der Waals surface area (Å²) in [5.41, 5.74) is 7.07. The molecule has 0 saturated carbocycles. The number of anilines is 1. The molecule has 5 N–H and O–H groups in total. The molecule has 2 rings (SSSR count). The largest absolute Gasteiger partial charge is 0.461 e. The van der Waals surface area contributed by atoms with E-state index in [1.165, 1.54) is 61.8 Å². The van der Waals surface area contributed by atoms with E-state index in [-0.39, 0.29) is 155 Å². The van der Waals surface area contributed by atoms with Crippen molar-refractivity contribution in [1.29, 1.82) is 0 Å². The van der Waals surface area contributed by atoms with Crippen molar-refractivity contribution >= 4 is 82.5 Å². The molecule has 3 atom stereocenters. The highest BCUT2D eigenvalue weighted by Gasteiger charge is 2.36. The first-order valence-electron chi connectivity index (χ1n) is 28.6. The maximum atomic E-state index is 13.4. The maximum absolute atomic E-state index is 13.4. The number of carbonyl (C=O) groups is 13. The lowest BCUT2D eigenvalue weighted by molar-refractivity contribution is -0.149. The molecule has 0 aliphatic carbocycles. The van der Waals surface area contributed by atoms with E-state index in [0.29, 0.717) is 16.8 Å². The average molecular weight is 1230 g/mol. The van der Waals surface area contributed by atoms with Crippen molar-refractivity contribution < 1.29 is 86.0 Å². The number of nitrogens with two attached hydrogens (primary N) is 1. The molecule has 1 aliphatic rings. The van der Waals surface area contributed by atoms with Crippen molar-refractivity contribution in [2.24, 2.45) is 17.6 Å². The lowest BCUT2D eigenvalue weighted by atomic mass is 10.0. The summed E-state index contributed by atoms with van der Waals surface area (Å²) in [6.07, 6.45) is -0.173. The van der Waals surface area contributed by atoms with Gasteiger partial charge in [0.15, 0.2) is 0 Å². The Labute approximate surface area is 509 Å². The van der Waals surface area contributed by atoms with Gasteiger partial charge in [0.2, 0.25) is 70.9 Å². The standard InChI is InChI=1S/C57H92N12O18/c1-37(2)53(61-44(70)16-20-83-26-27-86-23-19-69-47(73)29-43(58)56(69)81)55(80)59-39(5)54(79)60-42-15-14-40(36-87-57(82)38(3)4)41(28-42)30-63(8)45(71)17-21-84-24-25-85-22-18-46(72)64(9)32-49(75)66(11)34-51(77)68(13)35-52(78)67(12)33-50(76)65(10)31-48(74)62(6)7/h14-15,28,37-39,43,53H,16-27,29-36,58H2,1-13H3,(H,59,80)(H,60,79)(H,61,70)/t39-,43?,53-/m0/s1. The predicted molar refractivity (Wildman–Crippen MR) is 314 cm³/mol. The van der Waals surface area contributed by atoms with E-state index in [2.05, 4.69) is 16.0 Å². The summed E-state index contributed by atoms with van der Waals surface area (Å²) in [6.45, 7) is 7.47. The minimum Gasteiger partial charge on any atom is -0.461 e. The van der Waals surface area contributed by atoms with Crippen LogP contribution in [-0.2, 0) is 99.2 Å². The Balaban J connectivity index is 1.80. The van der Waals surface area contributed by atoms with Crippen LogP contribution in [0, 0.1) is 11.8 Å². The Kier molecular flexibility index (Phi) is 33.4. The minimum absolute atomic E-state index is 0.00799. The molecule has 30 nitrogen and oxygen atoms in total. The molecular formula is C57H92N12O18. The van der Waals surface area contributed by atoms with E-state index in [9.17, 15) is 62.3 Å². The van der Waals surface area contributed by atoms with E-state index >= 15 is 0 Å². The molecule has 1 aliphatic heterocycles. The van der Waals surface area contributed by atoms with Gasteiger partial charge in [0.1, 0.15) is 18.7 Å². The lowest BCUT2D eigenvalue weighted by Crippen LogP contribution is -2.53. The molecule has 0 spiro atoms. The zero-order chi connectivity index (χ0) is 65.7. The van der Waals surface area contributed by atoms with E-state index in [0.717, 1.165) is 19.6 Å². The van der Waals surface area contributed by atoms with Crippen molar-refractivity contribution in [2.75, 3.05) is 154 Å². The highest BCUT2D eigenvalue weighted by atomic mass is 16.5. The average Bonchev–Trinajstić information content (AvgIpc) is 3.78. The van der Waals surface area contributed by atoms with Crippen LogP contribution in [0.15, 0.2) is 18.2 Å². The van der Waals surface area contributed by atoms with Crippen molar-refractivity contribution in [2.45, 2.75) is 91.6 Å². The molecule has 1 aromatic rings. The zero-order valence-corrected chi connectivity index (χ0v) is 52.8. The molecule has 12 amide bonds. The number of hydrogen-bond donors (Lipinski definition) is 4. The fourth-order valence-electron chi connectivity index (χ4n) is 7.74. The van der Waals surface area contributed by atoms with E-state index in [4.69, 9.17) is 29.4 Å². The second-order valence-electron chi connectivity index (χ2n) is 21.9. The van der Waals surface area contributed by atoms with E-state index in [1.54, 1.807) is 67.0 Å². The first-order valence-corrected chi connectivity index (χ1v) is 28.6. The quantitative estimate of drug-likeness (QED) is 0.0304. The van der Waals surface area contributed by atoms with Gasteiger partial charge in [-0.15, -0.1) is 0 Å². The van der Waals surface area contributed by atoms with Gasteiger partial charge in [0, 0.05) is 75.0 Å². The third-order valence-corrected chi connectivity index (χ3v) is 13.5. The van der Waals surface area contributed by atoms with Gasteiger partial charge >= 0.3 is 5.97 Å². The number of carbonyl (C=O) groups excluding carboxylic acids is 13. The predicted octanol–water partition coefficient (Wildman–Crippen LogP) is -2.37. The molecule has 1 fully saturated rings. The van der Waals surface area contributed by atoms with Gasteiger partial charge in [-0.2, -0.15) is 0 Å². The molecule has 1 aromatic carbocycles. The molecule has 0 aromatic heterocycles. The molecule has 488 valence electrons. The van der Waals surface area contributed by atoms with Crippen LogP contribution in [0.1, 0.15) is 71.4 Å². The number of likely N-dealkylation sites (tertiary alicyclic amines) is 1. The van der Waals surface area contributed by atoms with E-state index < -0.39 is 83.2 Å². The summed E-state index contributed by atoms with van der Waals surface area (Å²) in [7, 11) is 11.7. The Morgan fingerprint density at radius 2 is 1.00 bits per heavy atom. The molecule has 1 heterocycles. The number of ether oxygens (including phenoxy) is 5. The van der Waals surface area contributed by atoms with Gasteiger partial charge in [-0.3, -0.25) is 67.2 Å². The number of rotatable bonds is 39. The second kappa shape index (κ2) is 38.5. The number of amides is 12. The minimum atomic E-state index is -1.06. The molecule has 0 radical (unpaired) electrons. The van der Waals surface area contributed by atoms with Crippen molar-refractivity contribution in [3.05, 3.63) is 29.3 Å². The highest BCUT2D eigenvalue weighted by Crippen LogP contribution is 2.21. The van der Waals surface area contributed by atoms with Crippen LogP contribution in [0.2, 0.25) is 0 Å². The lowest BCUT2D eigenvalue weighted by Gasteiger charge is -2.26. The monoisotopic (exact) mass is 1230 g/mol. The normalized spacial score (nSPS) is 13.6. The van der Waals surface area contributed by atoms with Crippen LogP contribution >= 0.6 is 0 Å². The Morgan fingerprint density at radius 3 is 1.45 bits per heavy atom. The van der Waals surface area contributed by atoms with Gasteiger partial charge in [0.25, 0.3) is 0 Å². The fraction of sp³-hybridized carbons (Fsp3) is 0.667. The van der Waals surface area contributed by atoms with Gasteiger partial charge in [-0.1, -0.05) is 33.8 Å². The number of esters is 1. The topological polar surface area (TPSA) is 356 Å². The molecule has 30 heteroatoms. The maximum Gasteiger partial charge on any atom is 0.308 e. The highest BCUT2D eigenvalue weighted by molar-refractivity contribution is 6.05. The fourth-order valence-corrected chi connectivity index (χ4v) is 7.74. The summed E-state index contributed by atoms with van der Waals surface area (Å²) in [4.78, 5) is 174.